The van der Waals surface area contributed by atoms with Crippen LogP contribution in [0.5, 0.6) is 0 Å². The van der Waals surface area contributed by atoms with Gasteiger partial charge in [0.05, 0.1) is 6.54 Å². The van der Waals surface area contributed by atoms with Crippen molar-refractivity contribution in [1.82, 2.24) is 16.0 Å². The Kier molecular flexibility index (Phi) is 10.6. The van der Waals surface area contributed by atoms with Crippen molar-refractivity contribution in [2.24, 2.45) is 0 Å². The maximum Gasteiger partial charge on any atom is 0.408 e. The molecule has 0 aliphatic rings. The van der Waals surface area contributed by atoms with Gasteiger partial charge in [-0.05, 0) is 53.6 Å². The number of likely N-dealkylation sites (N-methyl/N-ethyl adjacent to an activating group) is 1. The van der Waals surface area contributed by atoms with Crippen molar-refractivity contribution in [3.63, 3.8) is 0 Å². The molecule has 0 aromatic rings. The first kappa shape index (κ1) is 20.7. The molecule has 0 fully saturated rings. The second-order valence-corrected chi connectivity index (χ2v) is 5.65. The maximum absolute atomic E-state index is 11.6. The van der Waals surface area contributed by atoms with Crippen LogP contribution in [0.2, 0.25) is 0 Å². The van der Waals surface area contributed by atoms with Crippen molar-refractivity contribution in [2.75, 3.05) is 26.2 Å². The molecule has 0 spiro atoms. The van der Waals surface area contributed by atoms with E-state index in [1.807, 2.05) is 27.7 Å². The molecule has 0 radical (unpaired) electrons. The van der Waals surface area contributed by atoms with E-state index < -0.39 is 11.7 Å². The predicted octanol–water partition coefficient (Wildman–Crippen LogP) is 1.38. The molecule has 22 heavy (non-hydrogen) atoms. The van der Waals surface area contributed by atoms with Crippen LogP contribution >= 0.6 is 0 Å². The lowest BCUT2D eigenvalue weighted by Gasteiger charge is -2.25. The van der Waals surface area contributed by atoms with Gasteiger partial charge >= 0.3 is 12.1 Å². The third-order valence-electron chi connectivity index (χ3n) is 2.90. The number of amides is 1. The number of carbonyl (C=O) groups excluding carboxylic acids is 2. The average Bonchev–Trinajstić information content (AvgIpc) is 2.41. The summed E-state index contributed by atoms with van der Waals surface area (Å²) in [5.74, 6) is -0.243. The quantitative estimate of drug-likeness (QED) is 0.303. The van der Waals surface area contributed by atoms with Gasteiger partial charge in [0.15, 0.2) is 6.23 Å². The second kappa shape index (κ2) is 11.3. The van der Waals surface area contributed by atoms with Crippen LogP contribution in [-0.4, -0.2) is 50.1 Å². The first-order valence-corrected chi connectivity index (χ1v) is 7.91. The second-order valence-electron chi connectivity index (χ2n) is 5.65. The van der Waals surface area contributed by atoms with Crippen molar-refractivity contribution < 1.29 is 19.1 Å². The zero-order valence-corrected chi connectivity index (χ0v) is 14.5. The molecule has 0 rings (SSSR count). The van der Waals surface area contributed by atoms with E-state index in [-0.39, 0.29) is 18.7 Å². The molecule has 0 aliphatic heterocycles. The Bertz CT molecular complexity index is 335. The Balaban J connectivity index is 3.83. The van der Waals surface area contributed by atoms with Crippen LogP contribution in [0, 0.1) is 0 Å². The molecule has 0 aromatic carbocycles. The molecular weight excluding hydrogens is 286 g/mol. The van der Waals surface area contributed by atoms with Gasteiger partial charge in [0.2, 0.25) is 0 Å². The number of nitrogens with one attached hydrogen (secondary N) is 3. The van der Waals surface area contributed by atoms with Gasteiger partial charge in [-0.3, -0.25) is 10.1 Å². The SMILES string of the molecule is CCNCC(=O)OC(C)(C)CCCNC(C)OC(=O)NCC. The molecule has 1 atom stereocenters. The fourth-order valence-electron chi connectivity index (χ4n) is 1.83. The molecule has 0 heterocycles. The van der Waals surface area contributed by atoms with Crippen LogP contribution in [0.15, 0.2) is 0 Å². The van der Waals surface area contributed by atoms with Gasteiger partial charge in [0, 0.05) is 6.54 Å². The highest BCUT2D eigenvalue weighted by Crippen LogP contribution is 2.16. The van der Waals surface area contributed by atoms with E-state index in [4.69, 9.17) is 9.47 Å². The molecule has 1 unspecified atom stereocenters. The summed E-state index contributed by atoms with van der Waals surface area (Å²) in [4.78, 5) is 22.8. The van der Waals surface area contributed by atoms with E-state index in [2.05, 4.69) is 16.0 Å². The van der Waals surface area contributed by atoms with E-state index in [0.29, 0.717) is 13.1 Å². The van der Waals surface area contributed by atoms with Gasteiger partial charge in [-0.1, -0.05) is 6.92 Å². The van der Waals surface area contributed by atoms with E-state index in [1.165, 1.54) is 0 Å². The van der Waals surface area contributed by atoms with Crippen LogP contribution < -0.4 is 16.0 Å². The largest absolute Gasteiger partial charge is 0.459 e. The van der Waals surface area contributed by atoms with Crippen LogP contribution in [0.25, 0.3) is 0 Å². The number of carbonyl (C=O) groups is 2. The molecule has 0 saturated heterocycles. The summed E-state index contributed by atoms with van der Waals surface area (Å²) in [7, 11) is 0. The molecule has 7 heteroatoms. The fourth-order valence-corrected chi connectivity index (χ4v) is 1.83. The number of ether oxygens (including phenoxy) is 2. The lowest BCUT2D eigenvalue weighted by molar-refractivity contribution is -0.155. The zero-order chi connectivity index (χ0) is 17.0. The Morgan fingerprint density at radius 1 is 1.18 bits per heavy atom. The first-order chi connectivity index (χ1) is 10.3. The number of hydrogen-bond acceptors (Lipinski definition) is 6. The summed E-state index contributed by atoms with van der Waals surface area (Å²) in [5, 5.41) is 8.60. The minimum atomic E-state index is -0.502. The third kappa shape index (κ3) is 11.3. The molecule has 0 bridgehead atoms. The average molecular weight is 317 g/mol. The highest BCUT2D eigenvalue weighted by Gasteiger charge is 2.22. The van der Waals surface area contributed by atoms with Gasteiger partial charge in [-0.25, -0.2) is 4.79 Å². The van der Waals surface area contributed by atoms with E-state index >= 15 is 0 Å². The normalized spacial score (nSPS) is 12.6. The lowest BCUT2D eigenvalue weighted by Crippen LogP contribution is -2.37. The number of alkyl carbamates (subject to hydrolysis) is 1. The lowest BCUT2D eigenvalue weighted by atomic mass is 10.0. The number of hydrogen-bond donors (Lipinski definition) is 3. The maximum atomic E-state index is 11.6. The molecule has 0 aliphatic carbocycles. The summed E-state index contributed by atoms with van der Waals surface area (Å²) in [5.41, 5.74) is -0.502. The Morgan fingerprint density at radius 3 is 2.45 bits per heavy atom. The Morgan fingerprint density at radius 2 is 1.86 bits per heavy atom. The van der Waals surface area contributed by atoms with Gasteiger partial charge in [-0.15, -0.1) is 0 Å². The first-order valence-electron chi connectivity index (χ1n) is 7.91. The van der Waals surface area contributed by atoms with Crippen molar-refractivity contribution in [2.45, 2.75) is 59.3 Å². The molecule has 7 nitrogen and oxygen atoms in total. The smallest absolute Gasteiger partial charge is 0.408 e. The Hall–Kier alpha value is -1.34. The van der Waals surface area contributed by atoms with Crippen molar-refractivity contribution in [3.05, 3.63) is 0 Å². The molecule has 0 aromatic heterocycles. The molecule has 130 valence electrons. The van der Waals surface area contributed by atoms with Crippen molar-refractivity contribution in [3.8, 4) is 0 Å². The van der Waals surface area contributed by atoms with E-state index in [9.17, 15) is 9.59 Å². The minimum Gasteiger partial charge on any atom is -0.459 e. The van der Waals surface area contributed by atoms with Crippen LogP contribution in [0.3, 0.4) is 0 Å². The molecule has 0 saturated carbocycles. The number of rotatable bonds is 11. The summed E-state index contributed by atoms with van der Waals surface area (Å²) in [6, 6.07) is 0. The van der Waals surface area contributed by atoms with E-state index in [1.54, 1.807) is 6.92 Å². The predicted molar refractivity (Wildman–Crippen MR) is 85.6 cm³/mol. The summed E-state index contributed by atoms with van der Waals surface area (Å²) < 4.78 is 10.5. The monoisotopic (exact) mass is 317 g/mol. The summed E-state index contributed by atoms with van der Waals surface area (Å²) in [6.07, 6.45) is 0.752. The molecule has 3 N–H and O–H groups in total. The standard InChI is InChI=1S/C15H31N3O4/c1-6-16-11-13(19)22-15(4,5)9-8-10-18-12(3)21-14(20)17-7-2/h12,16,18H,6-11H2,1-5H3,(H,17,20). The van der Waals surface area contributed by atoms with Crippen LogP contribution in [0.1, 0.15) is 47.5 Å². The van der Waals surface area contributed by atoms with Crippen molar-refractivity contribution >= 4 is 12.1 Å². The van der Waals surface area contributed by atoms with E-state index in [0.717, 1.165) is 19.4 Å². The van der Waals surface area contributed by atoms with Crippen LogP contribution in [-0.2, 0) is 14.3 Å². The summed E-state index contributed by atoms with van der Waals surface area (Å²) >= 11 is 0. The summed E-state index contributed by atoms with van der Waals surface area (Å²) in [6.45, 7) is 11.5. The minimum absolute atomic E-state index is 0.232. The molecular formula is C15H31N3O4. The Labute approximate surface area is 133 Å². The molecule has 1 amide bonds. The van der Waals surface area contributed by atoms with Gasteiger partial charge in [0.25, 0.3) is 0 Å². The third-order valence-corrected chi connectivity index (χ3v) is 2.90. The fraction of sp³-hybridized carbons (Fsp3) is 0.867. The number of esters is 1. The van der Waals surface area contributed by atoms with Gasteiger partial charge < -0.3 is 20.1 Å². The topological polar surface area (TPSA) is 88.7 Å². The van der Waals surface area contributed by atoms with Gasteiger partial charge in [0.1, 0.15) is 5.60 Å². The van der Waals surface area contributed by atoms with Gasteiger partial charge in [-0.2, -0.15) is 0 Å². The highest BCUT2D eigenvalue weighted by molar-refractivity contribution is 5.72. The van der Waals surface area contributed by atoms with Crippen molar-refractivity contribution in [1.29, 1.82) is 0 Å². The van der Waals surface area contributed by atoms with Crippen LogP contribution in [0.4, 0.5) is 4.79 Å². The highest BCUT2D eigenvalue weighted by atomic mass is 16.6. The zero-order valence-electron chi connectivity index (χ0n) is 14.5.